The van der Waals surface area contributed by atoms with Crippen LogP contribution in [-0.2, 0) is 21.4 Å². The average Bonchev–Trinajstić information content (AvgIpc) is 2.58. The van der Waals surface area contributed by atoms with Crippen LogP contribution < -0.4 is 9.88 Å². The molecule has 0 saturated carbocycles. The summed E-state index contributed by atoms with van der Waals surface area (Å²) < 4.78 is 28.0. The van der Waals surface area contributed by atoms with E-state index in [4.69, 9.17) is 0 Å². The lowest BCUT2D eigenvalue weighted by molar-refractivity contribution is -0.684. The van der Waals surface area contributed by atoms with E-state index in [0.717, 1.165) is 5.56 Å². The predicted octanol–water partition coefficient (Wildman–Crippen LogP) is 1.95. The van der Waals surface area contributed by atoms with Crippen molar-refractivity contribution in [1.29, 1.82) is 0 Å². The SMILES string of the molecule is CCN(CC)S(=O)(=O)c1ccc(NC(=O)C[n+]2ccc(C)cc2)cc1. The number of carbonyl (C=O) groups excluding carboxylic acids is 1. The van der Waals surface area contributed by atoms with E-state index in [1.807, 2.05) is 31.5 Å². The highest BCUT2D eigenvalue weighted by Gasteiger charge is 2.21. The highest BCUT2D eigenvalue weighted by molar-refractivity contribution is 7.89. The molecule has 134 valence electrons. The summed E-state index contributed by atoms with van der Waals surface area (Å²) in [7, 11) is -3.48. The standard InChI is InChI=1S/C18H23N3O3S/c1-4-21(5-2)25(23,24)17-8-6-16(7-9-17)19-18(22)14-20-12-10-15(3)11-13-20/h6-13H,4-5,14H2,1-3H3/p+1. The Morgan fingerprint density at radius 1 is 1.04 bits per heavy atom. The minimum Gasteiger partial charge on any atom is -0.321 e. The fraction of sp³-hybridized carbons (Fsp3) is 0.333. The van der Waals surface area contributed by atoms with E-state index < -0.39 is 10.0 Å². The average molecular weight is 362 g/mol. The number of amides is 1. The molecule has 0 aliphatic rings. The third kappa shape index (κ3) is 4.87. The van der Waals surface area contributed by atoms with E-state index in [1.54, 1.807) is 30.5 Å². The molecule has 2 rings (SSSR count). The van der Waals surface area contributed by atoms with E-state index in [-0.39, 0.29) is 17.3 Å². The molecule has 0 unspecified atom stereocenters. The number of hydrogen-bond acceptors (Lipinski definition) is 3. The van der Waals surface area contributed by atoms with Gasteiger partial charge >= 0.3 is 0 Å². The molecule has 1 amide bonds. The van der Waals surface area contributed by atoms with Crippen LogP contribution in [0.25, 0.3) is 0 Å². The maximum absolute atomic E-state index is 12.4. The minimum atomic E-state index is -3.48. The smallest absolute Gasteiger partial charge is 0.290 e. The van der Waals surface area contributed by atoms with Crippen molar-refractivity contribution in [3.8, 4) is 0 Å². The molecule has 0 spiro atoms. The Hall–Kier alpha value is -2.25. The van der Waals surface area contributed by atoms with Gasteiger partial charge in [-0.15, -0.1) is 0 Å². The van der Waals surface area contributed by atoms with Crippen LogP contribution in [0.2, 0.25) is 0 Å². The number of nitrogens with zero attached hydrogens (tertiary/aromatic N) is 2. The molecule has 7 heteroatoms. The Balaban J connectivity index is 2.05. The monoisotopic (exact) mass is 362 g/mol. The molecular formula is C18H24N3O3S+. The number of pyridine rings is 1. The van der Waals surface area contributed by atoms with E-state index in [0.29, 0.717) is 18.8 Å². The zero-order valence-corrected chi connectivity index (χ0v) is 15.6. The lowest BCUT2D eigenvalue weighted by Crippen LogP contribution is -2.39. The molecule has 1 aromatic carbocycles. The van der Waals surface area contributed by atoms with Crippen LogP contribution in [0.4, 0.5) is 5.69 Å². The first-order valence-electron chi connectivity index (χ1n) is 8.22. The van der Waals surface area contributed by atoms with Crippen molar-refractivity contribution in [2.45, 2.75) is 32.2 Å². The van der Waals surface area contributed by atoms with Crippen LogP contribution in [-0.4, -0.2) is 31.7 Å². The molecular weight excluding hydrogens is 338 g/mol. The van der Waals surface area contributed by atoms with Crippen molar-refractivity contribution >= 4 is 21.6 Å². The molecule has 0 radical (unpaired) electrons. The Kier molecular flexibility index (Phi) is 6.27. The Morgan fingerprint density at radius 2 is 1.60 bits per heavy atom. The van der Waals surface area contributed by atoms with Gasteiger partial charge in [-0.3, -0.25) is 4.79 Å². The predicted molar refractivity (Wildman–Crippen MR) is 96.6 cm³/mol. The maximum atomic E-state index is 12.4. The van der Waals surface area contributed by atoms with Crippen molar-refractivity contribution in [2.75, 3.05) is 18.4 Å². The van der Waals surface area contributed by atoms with Crippen LogP contribution in [0.1, 0.15) is 19.4 Å². The first-order valence-corrected chi connectivity index (χ1v) is 9.66. The molecule has 2 aromatic rings. The summed E-state index contributed by atoms with van der Waals surface area (Å²) in [4.78, 5) is 12.3. The molecule has 0 bridgehead atoms. The van der Waals surface area contributed by atoms with Crippen LogP contribution in [0.3, 0.4) is 0 Å². The van der Waals surface area contributed by atoms with E-state index in [1.165, 1.54) is 16.4 Å². The van der Waals surface area contributed by atoms with Crippen LogP contribution in [0.15, 0.2) is 53.7 Å². The summed E-state index contributed by atoms with van der Waals surface area (Å²) in [5.41, 5.74) is 1.69. The number of aryl methyl sites for hydroxylation is 1. The van der Waals surface area contributed by atoms with E-state index in [9.17, 15) is 13.2 Å². The van der Waals surface area contributed by atoms with Crippen molar-refractivity contribution in [1.82, 2.24) is 4.31 Å². The topological polar surface area (TPSA) is 70.4 Å². The summed E-state index contributed by atoms with van der Waals surface area (Å²) in [6.07, 6.45) is 3.68. The summed E-state index contributed by atoms with van der Waals surface area (Å²) in [6, 6.07) is 10.1. The molecule has 25 heavy (non-hydrogen) atoms. The molecule has 6 nitrogen and oxygen atoms in total. The zero-order chi connectivity index (χ0) is 18.4. The van der Waals surface area contributed by atoms with E-state index in [2.05, 4.69) is 5.32 Å². The van der Waals surface area contributed by atoms with Crippen molar-refractivity contribution < 1.29 is 17.8 Å². The largest absolute Gasteiger partial charge is 0.321 e. The normalized spacial score (nSPS) is 11.5. The van der Waals surface area contributed by atoms with Crippen molar-refractivity contribution in [3.05, 3.63) is 54.4 Å². The van der Waals surface area contributed by atoms with Crippen LogP contribution >= 0.6 is 0 Å². The number of anilines is 1. The number of nitrogens with one attached hydrogen (secondary N) is 1. The number of aromatic nitrogens is 1. The number of benzene rings is 1. The highest BCUT2D eigenvalue weighted by Crippen LogP contribution is 2.18. The molecule has 0 aliphatic heterocycles. The molecule has 0 aliphatic carbocycles. The quantitative estimate of drug-likeness (QED) is 0.766. The Bertz CT molecular complexity index is 812. The van der Waals surface area contributed by atoms with Gasteiger partial charge in [0.05, 0.1) is 4.90 Å². The summed E-state index contributed by atoms with van der Waals surface area (Å²) in [5, 5.41) is 2.77. The number of sulfonamides is 1. The van der Waals surface area contributed by atoms with Crippen molar-refractivity contribution in [2.24, 2.45) is 0 Å². The molecule has 1 N–H and O–H groups in total. The van der Waals surface area contributed by atoms with Gasteiger partial charge in [0, 0.05) is 30.9 Å². The first-order chi connectivity index (χ1) is 11.9. The lowest BCUT2D eigenvalue weighted by Gasteiger charge is -2.18. The first kappa shape index (κ1) is 19.1. The number of hydrogen-bond donors (Lipinski definition) is 1. The Labute approximate surface area is 149 Å². The zero-order valence-electron chi connectivity index (χ0n) is 14.8. The highest BCUT2D eigenvalue weighted by atomic mass is 32.2. The number of rotatable bonds is 7. The minimum absolute atomic E-state index is 0.173. The van der Waals surface area contributed by atoms with Crippen molar-refractivity contribution in [3.63, 3.8) is 0 Å². The van der Waals surface area contributed by atoms with E-state index >= 15 is 0 Å². The second kappa shape index (κ2) is 8.22. The summed E-state index contributed by atoms with van der Waals surface area (Å²) in [6.45, 7) is 6.63. The molecule has 0 atom stereocenters. The molecule has 0 saturated heterocycles. The lowest BCUT2D eigenvalue weighted by atomic mass is 10.3. The fourth-order valence-electron chi connectivity index (χ4n) is 2.43. The third-order valence-electron chi connectivity index (χ3n) is 3.87. The van der Waals surface area contributed by atoms with Gasteiger partial charge in [0.2, 0.25) is 16.6 Å². The maximum Gasteiger partial charge on any atom is 0.290 e. The molecule has 1 aromatic heterocycles. The second-order valence-corrected chi connectivity index (χ2v) is 7.65. The van der Waals surface area contributed by atoms with Gasteiger partial charge in [0.1, 0.15) is 0 Å². The summed E-state index contributed by atoms with van der Waals surface area (Å²) in [5.74, 6) is -0.173. The van der Waals surface area contributed by atoms with Gasteiger partial charge in [-0.05, 0) is 36.8 Å². The molecule has 0 fully saturated rings. The van der Waals surface area contributed by atoms with Gasteiger partial charge in [0.15, 0.2) is 12.4 Å². The fourth-order valence-corrected chi connectivity index (χ4v) is 3.88. The van der Waals surface area contributed by atoms with Gasteiger partial charge in [0.25, 0.3) is 5.91 Å². The van der Waals surface area contributed by atoms with Crippen LogP contribution in [0.5, 0.6) is 0 Å². The molecule has 1 heterocycles. The Morgan fingerprint density at radius 3 is 2.12 bits per heavy atom. The van der Waals surface area contributed by atoms with Gasteiger partial charge in [-0.25, -0.2) is 8.42 Å². The second-order valence-electron chi connectivity index (χ2n) is 5.71. The van der Waals surface area contributed by atoms with Gasteiger partial charge in [-0.1, -0.05) is 13.8 Å². The third-order valence-corrected chi connectivity index (χ3v) is 5.93. The number of carbonyl (C=O) groups is 1. The summed E-state index contributed by atoms with van der Waals surface area (Å²) >= 11 is 0. The van der Waals surface area contributed by atoms with Gasteiger partial charge < -0.3 is 5.32 Å². The van der Waals surface area contributed by atoms with Gasteiger partial charge in [-0.2, -0.15) is 8.87 Å². The van der Waals surface area contributed by atoms with Crippen LogP contribution in [0, 0.1) is 6.92 Å².